The molecule has 6 heteroatoms. The summed E-state index contributed by atoms with van der Waals surface area (Å²) in [7, 11) is 2.15. The summed E-state index contributed by atoms with van der Waals surface area (Å²) < 4.78 is 7.42. The predicted molar refractivity (Wildman–Crippen MR) is 102 cm³/mol. The number of piperidine rings is 1. The van der Waals surface area contributed by atoms with Crippen LogP contribution in [0.2, 0.25) is 0 Å². The van der Waals surface area contributed by atoms with Crippen molar-refractivity contribution in [2.24, 2.45) is 0 Å². The highest BCUT2D eigenvalue weighted by Crippen LogP contribution is 2.40. The Hall–Kier alpha value is -2.34. The molecule has 4 rings (SSSR count). The van der Waals surface area contributed by atoms with Crippen LogP contribution in [-0.4, -0.2) is 46.6 Å². The molecule has 1 saturated heterocycles. The van der Waals surface area contributed by atoms with Gasteiger partial charge in [0.05, 0.1) is 0 Å². The standard InChI is InChI=1S/C21H26N2O4/c1-22-10-8-14(9-11-22)18-13-23(15-4-2-3-5-15)19-7-6-16(12-17(18)19)27-21(26)20(24)25/h6-7,12-15H,2-5,8-11H2,1H3,(H,24,25). The van der Waals surface area contributed by atoms with Crippen molar-refractivity contribution in [3.63, 3.8) is 0 Å². The van der Waals surface area contributed by atoms with E-state index >= 15 is 0 Å². The van der Waals surface area contributed by atoms with E-state index in [4.69, 9.17) is 9.84 Å². The number of fused-ring (bicyclic) bond motifs is 1. The first-order chi connectivity index (χ1) is 13.0. The lowest BCUT2D eigenvalue weighted by Gasteiger charge is -2.28. The summed E-state index contributed by atoms with van der Waals surface area (Å²) in [5.41, 5.74) is 2.46. The summed E-state index contributed by atoms with van der Waals surface area (Å²) >= 11 is 0. The third-order valence-corrected chi connectivity index (χ3v) is 6.10. The van der Waals surface area contributed by atoms with Gasteiger partial charge in [-0.05, 0) is 75.5 Å². The smallest absolute Gasteiger partial charge is 0.422 e. The fraction of sp³-hybridized carbons (Fsp3) is 0.524. The van der Waals surface area contributed by atoms with Gasteiger partial charge in [-0.15, -0.1) is 0 Å². The van der Waals surface area contributed by atoms with Crippen molar-refractivity contribution in [2.75, 3.05) is 20.1 Å². The number of carbonyl (C=O) groups is 2. The Morgan fingerprint density at radius 3 is 2.48 bits per heavy atom. The van der Waals surface area contributed by atoms with E-state index in [2.05, 4.69) is 22.7 Å². The lowest BCUT2D eigenvalue weighted by molar-refractivity contribution is -0.158. The van der Waals surface area contributed by atoms with E-state index < -0.39 is 11.9 Å². The minimum atomic E-state index is -1.57. The highest BCUT2D eigenvalue weighted by molar-refractivity contribution is 6.29. The van der Waals surface area contributed by atoms with Crippen LogP contribution in [0.1, 0.15) is 56.0 Å². The van der Waals surface area contributed by atoms with Gasteiger partial charge in [-0.3, -0.25) is 0 Å². The molecule has 2 fully saturated rings. The monoisotopic (exact) mass is 370 g/mol. The molecule has 0 bridgehead atoms. The molecule has 0 spiro atoms. The van der Waals surface area contributed by atoms with Crippen LogP contribution < -0.4 is 4.74 Å². The van der Waals surface area contributed by atoms with E-state index in [0.717, 1.165) is 36.8 Å². The third kappa shape index (κ3) is 3.58. The molecule has 1 aromatic carbocycles. The van der Waals surface area contributed by atoms with Crippen molar-refractivity contribution in [1.29, 1.82) is 0 Å². The first-order valence-corrected chi connectivity index (χ1v) is 9.81. The lowest BCUT2D eigenvalue weighted by Crippen LogP contribution is -2.29. The average molecular weight is 370 g/mol. The highest BCUT2D eigenvalue weighted by atomic mass is 16.6. The largest absolute Gasteiger partial charge is 0.473 e. The molecular weight excluding hydrogens is 344 g/mol. The molecule has 27 heavy (non-hydrogen) atoms. The Labute approximate surface area is 158 Å². The van der Waals surface area contributed by atoms with E-state index in [0.29, 0.717) is 17.7 Å². The van der Waals surface area contributed by atoms with Gasteiger partial charge in [0.2, 0.25) is 0 Å². The quantitative estimate of drug-likeness (QED) is 0.508. The highest BCUT2D eigenvalue weighted by Gasteiger charge is 2.26. The SMILES string of the molecule is CN1CCC(c2cn(C3CCCC3)c3ccc(OC(=O)C(=O)O)cc23)CC1. The van der Waals surface area contributed by atoms with Crippen molar-refractivity contribution >= 4 is 22.8 Å². The van der Waals surface area contributed by atoms with Crippen molar-refractivity contribution in [3.05, 3.63) is 30.0 Å². The maximum absolute atomic E-state index is 11.5. The molecule has 1 N–H and O–H groups in total. The minimum Gasteiger partial charge on any atom is -0.473 e. The number of likely N-dealkylation sites (tertiary alicyclic amines) is 1. The summed E-state index contributed by atoms with van der Waals surface area (Å²) in [4.78, 5) is 24.6. The molecule has 1 saturated carbocycles. The molecule has 6 nitrogen and oxygen atoms in total. The Kier molecular flexibility index (Phi) is 4.91. The zero-order valence-electron chi connectivity index (χ0n) is 15.7. The minimum absolute atomic E-state index is 0.299. The Morgan fingerprint density at radius 1 is 1.11 bits per heavy atom. The molecule has 0 radical (unpaired) electrons. The van der Waals surface area contributed by atoms with Crippen LogP contribution in [0.25, 0.3) is 10.9 Å². The molecule has 1 aromatic heterocycles. The van der Waals surface area contributed by atoms with Gasteiger partial charge >= 0.3 is 11.9 Å². The molecule has 0 amide bonds. The van der Waals surface area contributed by atoms with Crippen LogP contribution >= 0.6 is 0 Å². The number of esters is 1. The number of aliphatic carboxylic acids is 1. The number of rotatable bonds is 3. The summed E-state index contributed by atoms with van der Waals surface area (Å²) in [6.45, 7) is 2.16. The van der Waals surface area contributed by atoms with E-state index in [9.17, 15) is 9.59 Å². The Morgan fingerprint density at radius 2 is 1.81 bits per heavy atom. The number of hydrogen-bond donors (Lipinski definition) is 1. The number of carboxylic acids is 1. The maximum Gasteiger partial charge on any atom is 0.422 e. The van der Waals surface area contributed by atoms with Gasteiger partial charge in [-0.25, -0.2) is 9.59 Å². The molecular formula is C21H26N2O4. The first kappa shape index (κ1) is 18.0. The second-order valence-electron chi connectivity index (χ2n) is 7.88. The number of carboxylic acid groups (broad SMARTS) is 1. The van der Waals surface area contributed by atoms with Gasteiger partial charge in [0.1, 0.15) is 5.75 Å². The van der Waals surface area contributed by atoms with Gasteiger partial charge in [0, 0.05) is 23.1 Å². The van der Waals surface area contributed by atoms with Crippen LogP contribution in [0.4, 0.5) is 0 Å². The van der Waals surface area contributed by atoms with Gasteiger partial charge in [0.25, 0.3) is 0 Å². The van der Waals surface area contributed by atoms with Gasteiger partial charge < -0.3 is 19.3 Å². The summed E-state index contributed by atoms with van der Waals surface area (Å²) in [5, 5.41) is 9.89. The fourth-order valence-electron chi connectivity index (χ4n) is 4.60. The summed E-state index contributed by atoms with van der Waals surface area (Å²) in [5.74, 6) is -2.04. The molecule has 2 aliphatic rings. The van der Waals surface area contributed by atoms with Crippen molar-refractivity contribution in [1.82, 2.24) is 9.47 Å². The number of nitrogens with zero attached hydrogens (tertiary/aromatic N) is 2. The van der Waals surface area contributed by atoms with Crippen molar-refractivity contribution < 1.29 is 19.4 Å². The summed E-state index contributed by atoms with van der Waals surface area (Å²) in [6, 6.07) is 6.04. The molecule has 1 aliphatic carbocycles. The molecule has 144 valence electrons. The zero-order valence-corrected chi connectivity index (χ0v) is 15.7. The molecule has 0 atom stereocenters. The molecule has 0 unspecified atom stereocenters. The molecule has 1 aliphatic heterocycles. The van der Waals surface area contributed by atoms with Crippen LogP contribution in [0, 0.1) is 0 Å². The number of hydrogen-bond acceptors (Lipinski definition) is 4. The number of benzene rings is 1. The topological polar surface area (TPSA) is 71.8 Å². The number of aromatic nitrogens is 1. The van der Waals surface area contributed by atoms with Crippen molar-refractivity contribution in [3.8, 4) is 5.75 Å². The number of carbonyl (C=O) groups excluding carboxylic acids is 1. The molecule has 2 aromatic rings. The van der Waals surface area contributed by atoms with Gasteiger partial charge in [-0.2, -0.15) is 0 Å². The summed E-state index contributed by atoms with van der Waals surface area (Å²) in [6.07, 6.45) is 9.46. The number of ether oxygens (including phenoxy) is 1. The van der Waals surface area contributed by atoms with Crippen LogP contribution in [-0.2, 0) is 9.59 Å². The predicted octanol–water partition coefficient (Wildman–Crippen LogP) is 3.56. The second kappa shape index (κ2) is 7.35. The van der Waals surface area contributed by atoms with Gasteiger partial charge in [-0.1, -0.05) is 12.8 Å². The Balaban J connectivity index is 1.74. The van der Waals surface area contributed by atoms with Crippen molar-refractivity contribution in [2.45, 2.75) is 50.5 Å². The van der Waals surface area contributed by atoms with Crippen LogP contribution in [0.5, 0.6) is 5.75 Å². The van der Waals surface area contributed by atoms with Crippen LogP contribution in [0.15, 0.2) is 24.4 Å². The van der Waals surface area contributed by atoms with E-state index in [1.165, 1.54) is 31.2 Å². The zero-order chi connectivity index (χ0) is 19.0. The maximum atomic E-state index is 11.5. The van der Waals surface area contributed by atoms with E-state index in [1.54, 1.807) is 6.07 Å². The Bertz CT molecular complexity index is 858. The average Bonchev–Trinajstić information content (AvgIpc) is 3.29. The second-order valence-corrected chi connectivity index (χ2v) is 7.88. The third-order valence-electron chi connectivity index (χ3n) is 6.10. The molecule has 2 heterocycles. The van der Waals surface area contributed by atoms with E-state index in [1.807, 2.05) is 12.1 Å². The van der Waals surface area contributed by atoms with E-state index in [-0.39, 0.29) is 0 Å². The van der Waals surface area contributed by atoms with Crippen LogP contribution in [0.3, 0.4) is 0 Å². The van der Waals surface area contributed by atoms with Gasteiger partial charge in [0.15, 0.2) is 0 Å². The fourth-order valence-corrected chi connectivity index (χ4v) is 4.60. The normalized spacial score (nSPS) is 19.6. The lowest BCUT2D eigenvalue weighted by atomic mass is 9.89. The first-order valence-electron chi connectivity index (χ1n) is 9.81.